The Balaban J connectivity index is 1.80. The van der Waals surface area contributed by atoms with Gasteiger partial charge in [0.2, 0.25) is 6.04 Å². The Labute approximate surface area is 102 Å². The molecule has 17 heavy (non-hydrogen) atoms. The monoisotopic (exact) mass is 234 g/mol. The summed E-state index contributed by atoms with van der Waals surface area (Å²) in [4.78, 5) is 13.1. The van der Waals surface area contributed by atoms with Crippen LogP contribution in [0.5, 0.6) is 0 Å². The van der Waals surface area contributed by atoms with E-state index >= 15 is 0 Å². The zero-order valence-corrected chi connectivity index (χ0v) is 10.7. The molecule has 1 N–H and O–H groups in total. The van der Waals surface area contributed by atoms with Gasteiger partial charge in [-0.1, -0.05) is 30.3 Å². The van der Waals surface area contributed by atoms with Gasteiger partial charge in [0.05, 0.1) is 5.54 Å². The molecule has 0 bridgehead atoms. The molecular weight excluding hydrogens is 214 g/mol. The van der Waals surface area contributed by atoms with Crippen molar-refractivity contribution in [2.75, 3.05) is 6.54 Å². The van der Waals surface area contributed by atoms with Crippen LogP contribution in [0.4, 0.5) is 0 Å². The summed E-state index contributed by atoms with van der Waals surface area (Å²) in [7, 11) is 0. The third-order valence-electron chi connectivity index (χ3n) is 3.16. The summed E-state index contributed by atoms with van der Waals surface area (Å²) >= 11 is 0. The Morgan fingerprint density at radius 1 is 1.35 bits per heavy atom. The lowest BCUT2D eigenvalue weighted by Crippen LogP contribution is -3.04. The van der Waals surface area contributed by atoms with E-state index in [2.05, 4.69) is 20.8 Å². The summed E-state index contributed by atoms with van der Waals surface area (Å²) in [6.07, 6.45) is 0. The topological polar surface area (TPSA) is 30.7 Å². The summed E-state index contributed by atoms with van der Waals surface area (Å²) in [5.74, 6) is -0.0706. The van der Waals surface area contributed by atoms with Crippen LogP contribution in [0, 0.1) is 0 Å². The maximum absolute atomic E-state index is 11.8. The van der Waals surface area contributed by atoms with Gasteiger partial charge in [-0.05, 0) is 26.3 Å². The van der Waals surface area contributed by atoms with E-state index in [1.807, 2.05) is 30.3 Å². The van der Waals surface area contributed by atoms with Gasteiger partial charge < -0.3 is 9.64 Å². The normalized spacial score (nSPS) is 23.2. The number of nitrogens with one attached hydrogen (secondary N) is 1. The first-order valence-corrected chi connectivity index (χ1v) is 6.05. The van der Waals surface area contributed by atoms with Gasteiger partial charge in [-0.3, -0.25) is 0 Å². The number of hydrogen-bond acceptors (Lipinski definition) is 2. The Bertz CT molecular complexity index is 394. The Hall–Kier alpha value is -1.35. The number of quaternary nitrogens is 1. The number of hydrogen-bond donors (Lipinski definition) is 1. The summed E-state index contributed by atoms with van der Waals surface area (Å²) in [6, 6.07) is 9.83. The minimum atomic E-state index is -0.0706. The highest BCUT2D eigenvalue weighted by Gasteiger charge is 2.53. The van der Waals surface area contributed by atoms with Crippen molar-refractivity contribution in [1.29, 1.82) is 0 Å². The van der Waals surface area contributed by atoms with Crippen LogP contribution in [0.1, 0.15) is 26.3 Å². The Kier molecular flexibility index (Phi) is 3.20. The van der Waals surface area contributed by atoms with Gasteiger partial charge in [0.1, 0.15) is 13.2 Å². The first kappa shape index (κ1) is 12.1. The van der Waals surface area contributed by atoms with E-state index in [-0.39, 0.29) is 17.6 Å². The lowest BCUT2D eigenvalue weighted by molar-refractivity contribution is -0.825. The second kappa shape index (κ2) is 4.49. The molecule has 1 aliphatic rings. The van der Waals surface area contributed by atoms with Crippen molar-refractivity contribution < 1.29 is 14.4 Å². The van der Waals surface area contributed by atoms with Crippen LogP contribution in [-0.4, -0.2) is 24.1 Å². The highest BCUT2D eigenvalue weighted by molar-refractivity contribution is 5.76. The molecule has 1 unspecified atom stereocenters. The van der Waals surface area contributed by atoms with Crippen molar-refractivity contribution in [3.8, 4) is 0 Å². The molecule has 0 spiro atoms. The first-order chi connectivity index (χ1) is 7.98. The molecule has 0 amide bonds. The molecule has 1 aromatic carbocycles. The summed E-state index contributed by atoms with van der Waals surface area (Å²) in [5, 5.41) is 0. The van der Waals surface area contributed by atoms with E-state index < -0.39 is 0 Å². The molecule has 0 aromatic heterocycles. The van der Waals surface area contributed by atoms with Gasteiger partial charge in [-0.25, -0.2) is 4.79 Å². The third kappa shape index (κ3) is 3.07. The lowest BCUT2D eigenvalue weighted by atomic mass is 10.1. The molecule has 0 saturated carbocycles. The maximum atomic E-state index is 11.8. The maximum Gasteiger partial charge on any atom is 0.371 e. The first-order valence-electron chi connectivity index (χ1n) is 6.05. The summed E-state index contributed by atoms with van der Waals surface area (Å²) < 4.78 is 5.32. The molecule has 1 aliphatic heterocycles. The van der Waals surface area contributed by atoms with E-state index in [0.717, 1.165) is 12.1 Å². The summed E-state index contributed by atoms with van der Waals surface area (Å²) in [6.45, 7) is 7.72. The van der Waals surface area contributed by atoms with Gasteiger partial charge in [0.15, 0.2) is 0 Å². The number of carbonyl (C=O) groups excluding carboxylic acids is 1. The number of ether oxygens (including phenoxy) is 1. The van der Waals surface area contributed by atoms with Crippen LogP contribution < -0.4 is 4.90 Å². The molecule has 92 valence electrons. The van der Waals surface area contributed by atoms with Crippen molar-refractivity contribution in [2.24, 2.45) is 0 Å². The third-order valence-corrected chi connectivity index (χ3v) is 3.16. The number of carbonyl (C=O) groups is 1. The highest BCUT2D eigenvalue weighted by Crippen LogP contribution is 2.06. The molecule has 2 atom stereocenters. The molecule has 0 aliphatic carbocycles. The van der Waals surface area contributed by atoms with Crippen molar-refractivity contribution in [2.45, 2.75) is 39.0 Å². The SMILES string of the molecule is CC(C)(C)[NH+]1C[C@@H]1C(=O)OCc1ccccc1. The fourth-order valence-electron chi connectivity index (χ4n) is 2.04. The minimum absolute atomic E-state index is 0.0405. The van der Waals surface area contributed by atoms with E-state index in [9.17, 15) is 4.79 Å². The van der Waals surface area contributed by atoms with Gasteiger partial charge in [0.25, 0.3) is 0 Å². The number of rotatable bonds is 3. The standard InChI is InChI=1S/C14H19NO2/c1-14(2,3)15-9-12(15)13(16)17-10-11-7-5-4-6-8-11/h4-8,12H,9-10H2,1-3H3/p+1/t12-,15?/m1/s1. The van der Waals surface area contributed by atoms with Crippen LogP contribution in [0.2, 0.25) is 0 Å². The van der Waals surface area contributed by atoms with E-state index in [4.69, 9.17) is 4.74 Å². The zero-order valence-electron chi connectivity index (χ0n) is 10.7. The van der Waals surface area contributed by atoms with Crippen LogP contribution in [0.3, 0.4) is 0 Å². The molecule has 1 fully saturated rings. The van der Waals surface area contributed by atoms with Crippen LogP contribution in [0.25, 0.3) is 0 Å². The van der Waals surface area contributed by atoms with E-state index in [0.29, 0.717) is 6.61 Å². The Morgan fingerprint density at radius 2 is 2.00 bits per heavy atom. The lowest BCUT2D eigenvalue weighted by Gasteiger charge is -2.16. The quantitative estimate of drug-likeness (QED) is 0.619. The van der Waals surface area contributed by atoms with Crippen molar-refractivity contribution in [1.82, 2.24) is 0 Å². The predicted molar refractivity (Wildman–Crippen MR) is 65.6 cm³/mol. The second-order valence-corrected chi connectivity index (χ2v) is 5.63. The molecular formula is C14H20NO2+. The second-order valence-electron chi connectivity index (χ2n) is 5.63. The van der Waals surface area contributed by atoms with E-state index in [1.54, 1.807) is 0 Å². The minimum Gasteiger partial charge on any atom is -0.456 e. The zero-order chi connectivity index (χ0) is 12.5. The fourth-order valence-corrected chi connectivity index (χ4v) is 2.04. The van der Waals surface area contributed by atoms with Gasteiger partial charge >= 0.3 is 5.97 Å². The van der Waals surface area contributed by atoms with Crippen LogP contribution in [-0.2, 0) is 16.1 Å². The average Bonchev–Trinajstić information content (AvgIpc) is 3.06. The number of benzene rings is 1. The predicted octanol–water partition coefficient (Wildman–Crippen LogP) is 0.795. The largest absolute Gasteiger partial charge is 0.456 e. The van der Waals surface area contributed by atoms with E-state index in [1.165, 1.54) is 4.90 Å². The molecule has 0 radical (unpaired) electrons. The van der Waals surface area contributed by atoms with Crippen molar-refractivity contribution in [3.05, 3.63) is 35.9 Å². The Morgan fingerprint density at radius 3 is 2.53 bits per heavy atom. The van der Waals surface area contributed by atoms with Gasteiger partial charge in [-0.15, -0.1) is 0 Å². The van der Waals surface area contributed by atoms with Crippen molar-refractivity contribution >= 4 is 5.97 Å². The molecule has 3 nitrogen and oxygen atoms in total. The summed E-state index contributed by atoms with van der Waals surface area (Å²) in [5.41, 5.74) is 1.18. The molecule has 1 saturated heterocycles. The van der Waals surface area contributed by atoms with Crippen LogP contribution in [0.15, 0.2) is 30.3 Å². The smallest absolute Gasteiger partial charge is 0.371 e. The van der Waals surface area contributed by atoms with Crippen molar-refractivity contribution in [3.63, 3.8) is 0 Å². The number of esters is 1. The molecule has 2 rings (SSSR count). The van der Waals surface area contributed by atoms with Gasteiger partial charge in [-0.2, -0.15) is 0 Å². The fraction of sp³-hybridized carbons (Fsp3) is 0.500. The molecule has 1 aromatic rings. The highest BCUT2D eigenvalue weighted by atomic mass is 16.5. The average molecular weight is 234 g/mol. The molecule has 3 heteroatoms. The van der Waals surface area contributed by atoms with Crippen LogP contribution >= 0.6 is 0 Å². The molecule has 1 heterocycles. The van der Waals surface area contributed by atoms with Gasteiger partial charge in [0, 0.05) is 0 Å².